The molecule has 180 valence electrons. The summed E-state index contributed by atoms with van der Waals surface area (Å²) in [7, 11) is 4.95. The normalized spacial score (nSPS) is 14.3. The molecule has 0 spiro atoms. The summed E-state index contributed by atoms with van der Waals surface area (Å²) in [6, 6.07) is 7.69. The number of ether oxygens (including phenoxy) is 1. The van der Waals surface area contributed by atoms with Gasteiger partial charge in [-0.1, -0.05) is 0 Å². The van der Waals surface area contributed by atoms with E-state index in [-0.39, 0.29) is 17.6 Å². The number of aromatic nitrogens is 4. The summed E-state index contributed by atoms with van der Waals surface area (Å²) >= 11 is 0. The highest BCUT2D eigenvalue weighted by atomic mass is 19.1. The van der Waals surface area contributed by atoms with Gasteiger partial charge in [0.2, 0.25) is 5.88 Å². The van der Waals surface area contributed by atoms with Crippen molar-refractivity contribution in [2.24, 2.45) is 14.1 Å². The van der Waals surface area contributed by atoms with Crippen molar-refractivity contribution in [1.29, 1.82) is 0 Å². The second-order valence-electron chi connectivity index (χ2n) is 8.16. The molecule has 0 atom stereocenters. The number of carbonyl (C=O) groups excluding carboxylic acids is 2. The lowest BCUT2D eigenvalue weighted by atomic mass is 10.1. The van der Waals surface area contributed by atoms with E-state index in [9.17, 15) is 14.0 Å². The van der Waals surface area contributed by atoms with E-state index in [1.807, 2.05) is 0 Å². The molecule has 3 aromatic rings. The molecule has 0 radical (unpaired) electrons. The van der Waals surface area contributed by atoms with Crippen molar-refractivity contribution in [3.05, 3.63) is 53.6 Å². The van der Waals surface area contributed by atoms with Gasteiger partial charge in [-0.15, -0.1) is 5.10 Å². The Bertz CT molecular complexity index is 1160. The first-order valence-electron chi connectivity index (χ1n) is 11.0. The highest BCUT2D eigenvalue weighted by Crippen LogP contribution is 2.20. The summed E-state index contributed by atoms with van der Waals surface area (Å²) in [5.41, 5.74) is 2.24. The fraction of sp³-hybridized carbons (Fsp3) is 0.391. The third-order valence-electron chi connectivity index (χ3n) is 5.84. The molecule has 1 aliphatic heterocycles. The van der Waals surface area contributed by atoms with Gasteiger partial charge in [0.25, 0.3) is 11.8 Å². The van der Waals surface area contributed by atoms with Crippen molar-refractivity contribution in [2.75, 3.05) is 46.4 Å². The first kappa shape index (κ1) is 23.4. The number of carbonyl (C=O) groups is 2. The van der Waals surface area contributed by atoms with Gasteiger partial charge in [-0.3, -0.25) is 23.9 Å². The van der Waals surface area contributed by atoms with Crippen LogP contribution in [0.2, 0.25) is 0 Å². The second-order valence-corrected chi connectivity index (χ2v) is 8.16. The first-order chi connectivity index (χ1) is 16.4. The van der Waals surface area contributed by atoms with Gasteiger partial charge in [0, 0.05) is 65.1 Å². The summed E-state index contributed by atoms with van der Waals surface area (Å²) in [6.07, 6.45) is 1.67. The van der Waals surface area contributed by atoms with E-state index >= 15 is 0 Å². The molecule has 3 heterocycles. The van der Waals surface area contributed by atoms with Crippen molar-refractivity contribution >= 4 is 11.8 Å². The number of rotatable bonds is 7. The Hall–Kier alpha value is -3.73. The summed E-state index contributed by atoms with van der Waals surface area (Å²) in [5.74, 6) is -0.304. The lowest BCUT2D eigenvalue weighted by Gasteiger charge is -2.34. The average Bonchev–Trinajstić information content (AvgIpc) is 3.41. The molecule has 0 aliphatic carbocycles. The minimum atomic E-state index is -0.320. The lowest BCUT2D eigenvalue weighted by molar-refractivity contribution is 0.0634. The SMILES string of the molecule is COc1nn(C)cc1C(=O)N1CCN(CCNC(=O)c2cc(-c3ccc(F)cc3)nn2C)CC1. The van der Waals surface area contributed by atoms with Crippen LogP contribution in [0.4, 0.5) is 4.39 Å². The number of halogens is 1. The Morgan fingerprint density at radius 3 is 2.47 bits per heavy atom. The molecule has 1 saturated heterocycles. The van der Waals surface area contributed by atoms with Gasteiger partial charge in [-0.25, -0.2) is 4.39 Å². The fourth-order valence-corrected chi connectivity index (χ4v) is 3.97. The maximum Gasteiger partial charge on any atom is 0.269 e. The van der Waals surface area contributed by atoms with Crippen LogP contribution in [-0.2, 0) is 14.1 Å². The Morgan fingerprint density at radius 1 is 1.09 bits per heavy atom. The number of piperazine rings is 1. The third-order valence-corrected chi connectivity index (χ3v) is 5.84. The minimum absolute atomic E-state index is 0.0916. The van der Waals surface area contributed by atoms with E-state index in [2.05, 4.69) is 20.4 Å². The number of aryl methyl sites for hydroxylation is 2. The molecule has 34 heavy (non-hydrogen) atoms. The van der Waals surface area contributed by atoms with Crippen LogP contribution in [0.1, 0.15) is 20.8 Å². The Balaban J connectivity index is 1.25. The smallest absolute Gasteiger partial charge is 0.269 e. The zero-order chi connectivity index (χ0) is 24.2. The first-order valence-corrected chi connectivity index (χ1v) is 11.0. The van der Waals surface area contributed by atoms with E-state index in [1.54, 1.807) is 48.1 Å². The molecule has 1 N–H and O–H groups in total. The average molecular weight is 470 g/mol. The zero-order valence-corrected chi connectivity index (χ0v) is 19.5. The van der Waals surface area contributed by atoms with Crippen LogP contribution in [0.5, 0.6) is 5.88 Å². The van der Waals surface area contributed by atoms with Crippen LogP contribution >= 0.6 is 0 Å². The number of benzene rings is 1. The zero-order valence-electron chi connectivity index (χ0n) is 19.5. The predicted octanol–water partition coefficient (Wildman–Crippen LogP) is 1.16. The van der Waals surface area contributed by atoms with Gasteiger partial charge in [-0.2, -0.15) is 5.10 Å². The molecular weight excluding hydrogens is 441 g/mol. The van der Waals surface area contributed by atoms with Gasteiger partial charge >= 0.3 is 0 Å². The minimum Gasteiger partial charge on any atom is -0.479 e. The van der Waals surface area contributed by atoms with Crippen LogP contribution < -0.4 is 10.1 Å². The van der Waals surface area contributed by atoms with Gasteiger partial charge in [-0.05, 0) is 30.3 Å². The molecule has 1 fully saturated rings. The van der Waals surface area contributed by atoms with Crippen molar-refractivity contribution in [2.45, 2.75) is 0 Å². The summed E-state index contributed by atoms with van der Waals surface area (Å²) in [4.78, 5) is 29.4. The quantitative estimate of drug-likeness (QED) is 0.558. The number of methoxy groups -OCH3 is 1. The van der Waals surface area contributed by atoms with Crippen LogP contribution in [0, 0.1) is 5.82 Å². The third kappa shape index (κ3) is 5.09. The van der Waals surface area contributed by atoms with Gasteiger partial charge in [0.05, 0.1) is 12.8 Å². The molecule has 0 unspecified atom stereocenters. The monoisotopic (exact) mass is 469 g/mol. The number of nitrogens with zero attached hydrogens (tertiary/aromatic N) is 6. The maximum atomic E-state index is 13.2. The molecule has 10 nitrogen and oxygen atoms in total. The molecule has 1 aliphatic rings. The van der Waals surface area contributed by atoms with Crippen LogP contribution in [0.15, 0.2) is 36.5 Å². The van der Waals surface area contributed by atoms with Crippen LogP contribution in [0.25, 0.3) is 11.3 Å². The Kier molecular flexibility index (Phi) is 6.92. The van der Waals surface area contributed by atoms with Crippen molar-refractivity contribution in [3.8, 4) is 17.1 Å². The Morgan fingerprint density at radius 2 is 1.79 bits per heavy atom. The van der Waals surface area contributed by atoms with Crippen molar-refractivity contribution in [3.63, 3.8) is 0 Å². The molecule has 2 amide bonds. The predicted molar refractivity (Wildman–Crippen MR) is 123 cm³/mol. The highest BCUT2D eigenvalue weighted by Gasteiger charge is 2.26. The van der Waals surface area contributed by atoms with E-state index in [1.165, 1.54) is 23.9 Å². The standard InChI is InChI=1S/C23H28FN7O3/c1-28-15-18(22(27-28)34-3)23(33)31-12-10-30(11-13-31)9-8-25-21(32)20-14-19(26-29(20)2)16-4-6-17(24)7-5-16/h4-7,14-15H,8-13H2,1-3H3,(H,25,32). The van der Waals surface area contributed by atoms with Gasteiger partial charge < -0.3 is 15.0 Å². The highest BCUT2D eigenvalue weighted by molar-refractivity contribution is 5.96. The molecule has 4 rings (SSSR count). The molecule has 0 saturated carbocycles. The number of nitrogens with one attached hydrogen (secondary N) is 1. The number of hydrogen-bond donors (Lipinski definition) is 1. The largest absolute Gasteiger partial charge is 0.479 e. The summed E-state index contributed by atoms with van der Waals surface area (Å²) in [5, 5.41) is 11.4. The number of amides is 2. The maximum absolute atomic E-state index is 13.2. The van der Waals surface area contributed by atoms with E-state index in [4.69, 9.17) is 4.74 Å². The Labute approximate surface area is 196 Å². The van der Waals surface area contributed by atoms with E-state index in [0.717, 1.165) is 5.56 Å². The summed E-state index contributed by atoms with van der Waals surface area (Å²) < 4.78 is 21.4. The molecule has 1 aromatic carbocycles. The second kappa shape index (κ2) is 10.0. The van der Waals surface area contributed by atoms with Gasteiger partial charge in [0.1, 0.15) is 17.1 Å². The van der Waals surface area contributed by atoms with E-state index < -0.39 is 0 Å². The number of hydrogen-bond acceptors (Lipinski definition) is 6. The molecule has 11 heteroatoms. The van der Waals surface area contributed by atoms with Crippen LogP contribution in [-0.4, -0.2) is 87.6 Å². The molecule has 2 aromatic heterocycles. The summed E-state index contributed by atoms with van der Waals surface area (Å²) in [6.45, 7) is 3.75. The van der Waals surface area contributed by atoms with E-state index in [0.29, 0.717) is 62.1 Å². The molecular formula is C23H28FN7O3. The van der Waals surface area contributed by atoms with Crippen LogP contribution in [0.3, 0.4) is 0 Å². The van der Waals surface area contributed by atoms with Gasteiger partial charge in [0.15, 0.2) is 0 Å². The topological polar surface area (TPSA) is 97.5 Å². The fourth-order valence-electron chi connectivity index (χ4n) is 3.97. The molecule has 0 bridgehead atoms. The van der Waals surface area contributed by atoms with Crippen molar-refractivity contribution in [1.82, 2.24) is 34.7 Å². The van der Waals surface area contributed by atoms with Crippen molar-refractivity contribution < 1.29 is 18.7 Å². The lowest BCUT2D eigenvalue weighted by Crippen LogP contribution is -2.50.